The molecular formula is C84H122F8O20. The van der Waals surface area contributed by atoms with Crippen LogP contribution in [-0.2, 0) is 85.8 Å². The SMILES string of the molecule is C=C(C)C(=O)OC(C)CC(O)(C(F)(F)F)C(F)(F)F.C=C(C)C(=O)OC(CC)C(F)(F)C(=O)OC(C)(C)C.C=C(C)C(=O)OC1(C)C2CC3CC(C2)CC1C3.C=C(C)C(=O)OC1(C)CCCC1.C=C(C)C(=O)OC1(CC)CCCCCCC1.C=C(C)C(=O)OC1C2CC3C(=O)OC1C3C2.C=C1CC2(CCC(O)CC2)OC1=O. The topological polar surface area (TPSA) is 277 Å². The van der Waals surface area contributed by atoms with E-state index in [-0.39, 0.29) is 106 Å². The monoisotopic (exact) mass is 1600 g/mol. The van der Waals surface area contributed by atoms with Gasteiger partial charge in [-0.3, -0.25) is 4.79 Å². The molecule has 9 saturated carbocycles. The van der Waals surface area contributed by atoms with E-state index < -0.39 is 66.0 Å². The van der Waals surface area contributed by atoms with Gasteiger partial charge in [0.2, 0.25) is 0 Å². The lowest BCUT2D eigenvalue weighted by molar-refractivity contribution is -0.373. The lowest BCUT2D eigenvalue weighted by Gasteiger charge is -2.59. The van der Waals surface area contributed by atoms with Gasteiger partial charge in [-0.2, -0.15) is 35.1 Å². The summed E-state index contributed by atoms with van der Waals surface area (Å²) in [5.41, 5.74) is -4.62. The second kappa shape index (κ2) is 39.9. The van der Waals surface area contributed by atoms with E-state index in [0.717, 1.165) is 89.4 Å². The van der Waals surface area contributed by atoms with Crippen molar-refractivity contribution in [1.82, 2.24) is 0 Å². The highest BCUT2D eigenvalue weighted by Crippen LogP contribution is 2.60. The molecule has 2 aliphatic heterocycles. The first-order valence-electron chi connectivity index (χ1n) is 39.0. The molecular weight excluding hydrogens is 1480 g/mol. The zero-order valence-corrected chi connectivity index (χ0v) is 68.0. The van der Waals surface area contributed by atoms with E-state index in [4.69, 9.17) is 33.5 Å². The fourth-order valence-corrected chi connectivity index (χ4v) is 16.2. The van der Waals surface area contributed by atoms with Crippen molar-refractivity contribution < 1.29 is 131 Å². The minimum atomic E-state index is -5.94. The molecule has 11 fully saturated rings. The fourth-order valence-electron chi connectivity index (χ4n) is 16.2. The van der Waals surface area contributed by atoms with Crippen molar-refractivity contribution >= 4 is 53.7 Å². The van der Waals surface area contributed by atoms with E-state index in [1.807, 2.05) is 6.92 Å². The molecule has 112 heavy (non-hydrogen) atoms. The molecule has 9 aliphatic carbocycles. The zero-order valence-electron chi connectivity index (χ0n) is 68.0. The Hall–Kier alpha value is -7.23. The molecule has 6 bridgehead atoms. The Morgan fingerprint density at radius 1 is 0.580 bits per heavy atom. The van der Waals surface area contributed by atoms with Crippen molar-refractivity contribution in [3.05, 3.63) is 85.1 Å². The molecule has 2 N–H and O–H groups in total. The van der Waals surface area contributed by atoms with Gasteiger partial charge in [-0.25, -0.2) is 38.4 Å². The molecule has 11 rings (SSSR count). The standard InChI is InChI=1S/C15H22O2.C14H24O2.C13H20F2O4.C12H14O4.C10H12F6O3.C10H14O3.C10H16O2/c1-9(2)14(16)17-15(3)12-5-10-4-11(7-12)8-13(15)6-10;1-4-14(16-13(15)12(2)3)10-8-6-5-7-9-11-14;1-7-9(18-10(16)8(2)3)13(14,15)11(17)19-12(4,5)6;1-5(2)11(13)15-9-6-3-7-8(4-6)12(14)16-10(7)9;1-5(2)7(17)19-6(3)4-8(18,9(11,12)13)10(14,15)16;1-7-6-10(13-9(7)12)4-2-8(11)3-5-10;1-8(2)9(11)12-10(3)6-4-5-7-10/h10-13H,1,4-8H2,2-3H3;2,4-11H2,1,3H3;9H,2,7H2,1,3-6H3;6-10H,1,3-4H2,2H3;6,18H,1,4H2,2-3H3;8,11H,1-6H2;1,4-7H2,2-3H3. The van der Waals surface area contributed by atoms with E-state index in [9.17, 15) is 83.4 Å². The molecule has 20 nitrogen and oxygen atoms in total. The van der Waals surface area contributed by atoms with E-state index in [1.54, 1.807) is 27.7 Å². The van der Waals surface area contributed by atoms with Crippen molar-refractivity contribution in [3.63, 3.8) is 0 Å². The van der Waals surface area contributed by atoms with Gasteiger partial charge in [-0.05, 0) is 242 Å². The quantitative estimate of drug-likeness (QED) is 0.0558. The van der Waals surface area contributed by atoms with Crippen LogP contribution in [0, 0.1) is 41.4 Å². The maximum atomic E-state index is 13.9. The summed E-state index contributed by atoms with van der Waals surface area (Å²) in [5.74, 6) is -5.44. The van der Waals surface area contributed by atoms with Gasteiger partial charge in [0.25, 0.3) is 5.60 Å². The van der Waals surface area contributed by atoms with Gasteiger partial charge in [-0.1, -0.05) is 79.2 Å². The van der Waals surface area contributed by atoms with Crippen LogP contribution in [0.3, 0.4) is 0 Å². The molecule has 2 heterocycles. The summed E-state index contributed by atoms with van der Waals surface area (Å²) in [7, 11) is 0. The van der Waals surface area contributed by atoms with Crippen molar-refractivity contribution in [1.29, 1.82) is 0 Å². The second-order valence-corrected chi connectivity index (χ2v) is 33.9. The summed E-state index contributed by atoms with van der Waals surface area (Å²) in [6, 6.07) is 0. The lowest BCUT2D eigenvalue weighted by atomic mass is 9.50. The summed E-state index contributed by atoms with van der Waals surface area (Å²) in [4.78, 5) is 102. The van der Waals surface area contributed by atoms with Gasteiger partial charge < -0.3 is 52.8 Å². The third kappa shape index (κ3) is 26.7. The normalized spacial score (nSPS) is 27.9. The molecule has 0 aromatic carbocycles. The molecule has 28 heteroatoms. The van der Waals surface area contributed by atoms with E-state index in [1.165, 1.54) is 119 Å². The molecule has 0 aromatic heterocycles. The Morgan fingerprint density at radius 2 is 1.02 bits per heavy atom. The molecule has 7 unspecified atom stereocenters. The van der Waals surface area contributed by atoms with Gasteiger partial charge >= 0.3 is 72.0 Å². The van der Waals surface area contributed by atoms with Gasteiger partial charge in [0.15, 0.2) is 6.10 Å². The number of carbonyl (C=O) groups excluding carboxylic acids is 9. The van der Waals surface area contributed by atoms with Crippen LogP contribution in [0.15, 0.2) is 85.1 Å². The van der Waals surface area contributed by atoms with Crippen molar-refractivity contribution in [3.8, 4) is 0 Å². The number of aliphatic hydroxyl groups excluding tert-OH is 1. The third-order valence-electron chi connectivity index (χ3n) is 22.6. The first-order chi connectivity index (χ1) is 51.4. The summed E-state index contributed by atoms with van der Waals surface area (Å²) in [5, 5.41) is 18.2. The number of fused-ring (bicyclic) bond motifs is 1. The first-order valence-corrected chi connectivity index (χ1v) is 39.0. The van der Waals surface area contributed by atoms with Gasteiger partial charge in [0.1, 0.15) is 46.3 Å². The second-order valence-electron chi connectivity index (χ2n) is 33.9. The molecule has 634 valence electrons. The highest BCUT2D eigenvalue weighted by molar-refractivity contribution is 5.91. The Kier molecular flexibility index (Phi) is 34.6. The van der Waals surface area contributed by atoms with Crippen LogP contribution < -0.4 is 0 Å². The van der Waals surface area contributed by atoms with Gasteiger partial charge in [-0.15, -0.1) is 0 Å². The molecule has 0 aromatic rings. The molecule has 11 aliphatic rings. The average Bonchev–Trinajstić information content (AvgIpc) is 1.62. The van der Waals surface area contributed by atoms with Gasteiger partial charge in [0.05, 0.1) is 12.0 Å². The largest absolute Gasteiger partial charge is 0.459 e. The number of aliphatic hydroxyl groups is 2. The number of rotatable bonds is 18. The Labute approximate surface area is 655 Å². The third-order valence-corrected chi connectivity index (χ3v) is 22.6. The fraction of sp³-hybridized carbons (Fsp3) is 0.726. The average molecular weight is 1600 g/mol. The molecule has 1 spiro atoms. The number of halogens is 8. The summed E-state index contributed by atoms with van der Waals surface area (Å²) >= 11 is 0. The number of hydrogen-bond donors (Lipinski definition) is 2. The summed E-state index contributed by atoms with van der Waals surface area (Å²) in [6.07, 6.45) is 7.21. The Bertz CT molecular complexity index is 3370. The van der Waals surface area contributed by atoms with Gasteiger partial charge in [0, 0.05) is 63.7 Å². The summed E-state index contributed by atoms with van der Waals surface area (Å²) in [6.45, 7) is 46.7. The highest BCUT2D eigenvalue weighted by atomic mass is 19.4. The molecule has 0 radical (unpaired) electrons. The van der Waals surface area contributed by atoms with Crippen molar-refractivity contribution in [2.24, 2.45) is 41.4 Å². The van der Waals surface area contributed by atoms with Crippen LogP contribution in [0.2, 0.25) is 0 Å². The van der Waals surface area contributed by atoms with E-state index >= 15 is 0 Å². The van der Waals surface area contributed by atoms with Crippen LogP contribution >= 0.6 is 0 Å². The predicted molar refractivity (Wildman–Crippen MR) is 400 cm³/mol. The van der Waals surface area contributed by atoms with Crippen LogP contribution in [0.5, 0.6) is 0 Å². The maximum absolute atomic E-state index is 13.9. The van der Waals surface area contributed by atoms with Crippen LogP contribution in [0.25, 0.3) is 0 Å². The number of ether oxygens (including phenoxy) is 9. The number of hydrogen-bond acceptors (Lipinski definition) is 20. The first kappa shape index (κ1) is 97.1. The van der Waals surface area contributed by atoms with E-state index in [2.05, 4.69) is 74.1 Å². The number of esters is 9. The van der Waals surface area contributed by atoms with Crippen molar-refractivity contribution in [2.75, 3.05) is 0 Å². The van der Waals surface area contributed by atoms with Crippen LogP contribution in [-0.4, -0.2) is 146 Å². The Morgan fingerprint density at radius 3 is 1.44 bits per heavy atom. The minimum Gasteiger partial charge on any atom is -0.459 e. The van der Waals surface area contributed by atoms with Crippen molar-refractivity contribution in [2.45, 2.75) is 346 Å². The smallest absolute Gasteiger partial charge is 0.426 e. The minimum absolute atomic E-state index is 0.0153. The van der Waals surface area contributed by atoms with Crippen LogP contribution in [0.4, 0.5) is 35.1 Å². The molecule has 2 saturated heterocycles. The number of carbonyl (C=O) groups is 9. The molecule has 7 atom stereocenters. The highest BCUT2D eigenvalue weighted by Gasteiger charge is 2.71. The van der Waals surface area contributed by atoms with E-state index in [0.29, 0.717) is 52.0 Å². The lowest BCUT2D eigenvalue weighted by Crippen LogP contribution is -2.58. The zero-order chi connectivity index (χ0) is 85.4. The Balaban J connectivity index is 0.000000277. The maximum Gasteiger partial charge on any atom is 0.426 e. The number of alkyl halides is 8. The summed E-state index contributed by atoms with van der Waals surface area (Å²) < 4.78 is 148. The van der Waals surface area contributed by atoms with Crippen LogP contribution in [0.1, 0.15) is 264 Å². The predicted octanol–water partition coefficient (Wildman–Crippen LogP) is 17.6. The molecule has 0 amide bonds.